The Morgan fingerprint density at radius 1 is 1.29 bits per heavy atom. The van der Waals surface area contributed by atoms with Gasteiger partial charge in [0.1, 0.15) is 36.0 Å². The fourth-order valence-electron chi connectivity index (χ4n) is 3.54. The lowest BCUT2D eigenvalue weighted by atomic mass is 10.2. The Balaban J connectivity index is 1.45. The van der Waals surface area contributed by atoms with E-state index < -0.39 is 38.2 Å². The van der Waals surface area contributed by atoms with Crippen molar-refractivity contribution in [2.24, 2.45) is 0 Å². The number of aliphatic hydroxyl groups excluding tert-OH is 1. The van der Waals surface area contributed by atoms with Crippen molar-refractivity contribution in [2.75, 3.05) is 6.61 Å². The molecule has 0 bridgehead atoms. The second kappa shape index (κ2) is 10.8. The number of imidazole rings is 1. The molecule has 0 aliphatic carbocycles. The molecule has 0 amide bonds. The lowest BCUT2D eigenvalue weighted by Crippen LogP contribution is -2.37. The molecule has 0 spiro atoms. The normalized spacial score (nSPS) is 22.7. The number of aliphatic hydroxyl groups is 1. The summed E-state index contributed by atoms with van der Waals surface area (Å²) in [5, 5.41) is 13.2. The molecule has 2 unspecified atom stereocenters. The van der Waals surface area contributed by atoms with E-state index in [1.54, 1.807) is 61.3 Å². The Morgan fingerprint density at radius 2 is 2.06 bits per heavy atom. The third-order valence-corrected chi connectivity index (χ3v) is 6.83. The van der Waals surface area contributed by atoms with Crippen LogP contribution in [0.25, 0.3) is 11.2 Å². The van der Waals surface area contributed by atoms with Gasteiger partial charge in [0.05, 0.1) is 31.3 Å². The third kappa shape index (κ3) is 6.22. The number of ether oxygens (including phenoxy) is 2. The fourth-order valence-corrected chi connectivity index (χ4v) is 5.04. The molecular formula is C22H28N5O7P. The SMILES string of the molecule is CC(C)OC(=O)[C@@H](C)NP(=O)(OCC1O[C@@H](n2cnc3cncnc32)C[C@@H]1O)Oc1ccccc1. The highest BCUT2D eigenvalue weighted by Gasteiger charge is 2.39. The van der Waals surface area contributed by atoms with Gasteiger partial charge in [-0.25, -0.2) is 19.5 Å². The zero-order valence-corrected chi connectivity index (χ0v) is 20.4. The number of carbonyl (C=O) groups excluding carboxylic acids is 1. The molecule has 0 saturated carbocycles. The lowest BCUT2D eigenvalue weighted by molar-refractivity contribution is -0.149. The van der Waals surface area contributed by atoms with Gasteiger partial charge in [-0.05, 0) is 32.9 Å². The summed E-state index contributed by atoms with van der Waals surface area (Å²) in [5.41, 5.74) is 1.16. The van der Waals surface area contributed by atoms with Crippen LogP contribution in [0.15, 0.2) is 49.2 Å². The highest BCUT2D eigenvalue weighted by Crippen LogP contribution is 2.46. The number of aromatic nitrogens is 4. The number of nitrogens with zero attached hydrogens (tertiary/aromatic N) is 4. The molecule has 12 nitrogen and oxygen atoms in total. The second-order valence-electron chi connectivity index (χ2n) is 8.35. The average molecular weight is 505 g/mol. The highest BCUT2D eigenvalue weighted by molar-refractivity contribution is 7.52. The molecule has 188 valence electrons. The summed E-state index contributed by atoms with van der Waals surface area (Å²) in [4.78, 5) is 24.7. The van der Waals surface area contributed by atoms with E-state index in [4.69, 9.17) is 18.5 Å². The topological polar surface area (TPSA) is 147 Å². The van der Waals surface area contributed by atoms with Crippen molar-refractivity contribution in [3.05, 3.63) is 49.2 Å². The summed E-state index contributed by atoms with van der Waals surface area (Å²) in [7, 11) is -4.07. The number of carbonyl (C=O) groups is 1. The number of benzene rings is 1. The molecule has 1 saturated heterocycles. The fraction of sp³-hybridized carbons (Fsp3) is 0.455. The van der Waals surface area contributed by atoms with E-state index in [-0.39, 0.29) is 24.9 Å². The number of hydrogen-bond donors (Lipinski definition) is 2. The van der Waals surface area contributed by atoms with E-state index in [9.17, 15) is 14.5 Å². The quantitative estimate of drug-likeness (QED) is 0.309. The van der Waals surface area contributed by atoms with Gasteiger partial charge in [0.15, 0.2) is 5.65 Å². The van der Waals surface area contributed by atoms with Gasteiger partial charge < -0.3 is 19.1 Å². The first-order valence-corrected chi connectivity index (χ1v) is 12.7. The molecule has 0 radical (unpaired) electrons. The molecule has 4 rings (SSSR count). The molecule has 1 fully saturated rings. The first-order valence-electron chi connectivity index (χ1n) is 11.2. The largest absolute Gasteiger partial charge is 0.462 e. The highest BCUT2D eigenvalue weighted by atomic mass is 31.2. The first kappa shape index (κ1) is 25.2. The average Bonchev–Trinajstić information content (AvgIpc) is 3.41. The van der Waals surface area contributed by atoms with E-state index in [0.717, 1.165) is 0 Å². The van der Waals surface area contributed by atoms with Crippen LogP contribution in [0.2, 0.25) is 0 Å². The molecule has 3 heterocycles. The van der Waals surface area contributed by atoms with Crippen LogP contribution in [0.4, 0.5) is 0 Å². The number of rotatable bonds is 10. The molecular weight excluding hydrogens is 477 g/mol. The maximum absolute atomic E-state index is 13.6. The van der Waals surface area contributed by atoms with Crippen molar-refractivity contribution in [1.29, 1.82) is 0 Å². The van der Waals surface area contributed by atoms with Crippen molar-refractivity contribution in [3.8, 4) is 5.75 Å². The van der Waals surface area contributed by atoms with Crippen molar-refractivity contribution in [2.45, 2.75) is 57.8 Å². The Kier molecular flexibility index (Phi) is 7.78. The summed E-state index contributed by atoms with van der Waals surface area (Å²) < 4.78 is 37.7. The van der Waals surface area contributed by atoms with E-state index in [0.29, 0.717) is 11.2 Å². The number of hydrogen-bond acceptors (Lipinski definition) is 10. The standard InChI is InChI=1S/C22H28N5O7P/c1-14(2)32-22(29)15(3)26-35(30,34-16-7-5-4-6-8-16)31-11-19-18(28)9-20(33-19)27-13-25-17-10-23-12-24-21(17)27/h4-8,10,12-15,18-20,28H,9,11H2,1-3H3,(H,26,30)/t15-,18+,19?,20-,35?/m1/s1. The van der Waals surface area contributed by atoms with Crippen LogP contribution in [0.5, 0.6) is 5.75 Å². The minimum absolute atomic E-state index is 0.248. The summed E-state index contributed by atoms with van der Waals surface area (Å²) in [6.07, 6.45) is 2.18. The predicted octanol–water partition coefficient (Wildman–Crippen LogP) is 2.61. The smallest absolute Gasteiger partial charge is 0.459 e. The van der Waals surface area contributed by atoms with Crippen molar-refractivity contribution in [3.63, 3.8) is 0 Å². The number of esters is 1. The number of para-hydroxylation sites is 1. The Morgan fingerprint density at radius 3 is 2.80 bits per heavy atom. The van der Waals surface area contributed by atoms with Crippen molar-refractivity contribution >= 4 is 24.9 Å². The van der Waals surface area contributed by atoms with Crippen LogP contribution in [0.3, 0.4) is 0 Å². The van der Waals surface area contributed by atoms with Gasteiger partial charge in [0.25, 0.3) is 0 Å². The monoisotopic (exact) mass is 505 g/mol. The Hall–Kier alpha value is -2.89. The molecule has 13 heteroatoms. The third-order valence-electron chi connectivity index (χ3n) is 5.19. The molecule has 35 heavy (non-hydrogen) atoms. The lowest BCUT2D eigenvalue weighted by Gasteiger charge is -2.25. The number of fused-ring (bicyclic) bond motifs is 1. The number of nitrogens with one attached hydrogen (secondary N) is 1. The molecule has 1 aliphatic rings. The zero-order valence-electron chi connectivity index (χ0n) is 19.6. The molecule has 5 atom stereocenters. The van der Waals surface area contributed by atoms with Gasteiger partial charge in [-0.15, -0.1) is 0 Å². The minimum atomic E-state index is -4.07. The molecule has 3 aromatic rings. The Bertz CT molecular complexity index is 1190. The van der Waals surface area contributed by atoms with E-state index >= 15 is 0 Å². The summed E-state index contributed by atoms with van der Waals surface area (Å²) >= 11 is 0. The van der Waals surface area contributed by atoms with Crippen LogP contribution in [0, 0.1) is 0 Å². The van der Waals surface area contributed by atoms with E-state index in [1.807, 2.05) is 0 Å². The van der Waals surface area contributed by atoms with Crippen molar-refractivity contribution < 1.29 is 33.0 Å². The van der Waals surface area contributed by atoms with Crippen LogP contribution in [0.1, 0.15) is 33.4 Å². The molecule has 2 N–H and O–H groups in total. The molecule has 1 aromatic carbocycles. The summed E-state index contributed by atoms with van der Waals surface area (Å²) in [5.74, 6) is -0.324. The molecule has 2 aromatic heterocycles. The first-order chi connectivity index (χ1) is 16.7. The minimum Gasteiger partial charge on any atom is -0.462 e. The van der Waals surface area contributed by atoms with Gasteiger partial charge in [-0.3, -0.25) is 13.9 Å². The van der Waals surface area contributed by atoms with Crippen LogP contribution < -0.4 is 9.61 Å². The van der Waals surface area contributed by atoms with Crippen molar-refractivity contribution in [1.82, 2.24) is 24.6 Å². The van der Waals surface area contributed by atoms with Gasteiger partial charge in [0, 0.05) is 6.42 Å². The van der Waals surface area contributed by atoms with Crippen LogP contribution >= 0.6 is 7.75 Å². The maximum Gasteiger partial charge on any atom is 0.459 e. The van der Waals surface area contributed by atoms with Gasteiger partial charge in [0.2, 0.25) is 0 Å². The summed E-state index contributed by atoms with van der Waals surface area (Å²) in [6.45, 7) is 4.66. The zero-order chi connectivity index (χ0) is 25.0. The summed E-state index contributed by atoms with van der Waals surface area (Å²) in [6, 6.07) is 7.44. The maximum atomic E-state index is 13.6. The van der Waals surface area contributed by atoms with E-state index in [1.165, 1.54) is 13.3 Å². The van der Waals surface area contributed by atoms with E-state index in [2.05, 4.69) is 20.0 Å². The second-order valence-corrected chi connectivity index (χ2v) is 10.0. The Labute approximate surface area is 202 Å². The van der Waals surface area contributed by atoms with Crippen LogP contribution in [-0.2, 0) is 23.4 Å². The van der Waals surface area contributed by atoms with Crippen LogP contribution in [-0.4, -0.2) is 61.6 Å². The van der Waals surface area contributed by atoms with Gasteiger partial charge >= 0.3 is 13.7 Å². The predicted molar refractivity (Wildman–Crippen MR) is 124 cm³/mol. The van der Waals surface area contributed by atoms with Gasteiger partial charge in [-0.1, -0.05) is 18.2 Å². The van der Waals surface area contributed by atoms with Gasteiger partial charge in [-0.2, -0.15) is 5.09 Å². The molecule has 1 aliphatic heterocycles.